The van der Waals surface area contributed by atoms with Crippen molar-refractivity contribution in [3.63, 3.8) is 0 Å². The van der Waals surface area contributed by atoms with Gasteiger partial charge in [-0.2, -0.15) is 4.98 Å². The fraction of sp³-hybridized carbons (Fsp3) is 0.486. The summed E-state index contributed by atoms with van der Waals surface area (Å²) in [5.74, 6) is 1.15. The molecule has 3 saturated heterocycles. The molecule has 1 amide bonds. The third-order valence-electron chi connectivity index (χ3n) is 10.2. The molecule has 0 spiro atoms. The van der Waals surface area contributed by atoms with E-state index in [1.807, 2.05) is 17.0 Å². The van der Waals surface area contributed by atoms with E-state index in [-0.39, 0.29) is 17.4 Å². The van der Waals surface area contributed by atoms with Gasteiger partial charge in [0.25, 0.3) is 0 Å². The van der Waals surface area contributed by atoms with Crippen molar-refractivity contribution >= 4 is 46.0 Å². The number of carbonyl (C=O) groups excluding carboxylic acids is 1. The predicted molar refractivity (Wildman–Crippen MR) is 175 cm³/mol. The number of aromatic nitrogens is 2. The summed E-state index contributed by atoms with van der Waals surface area (Å²) >= 11 is 6.74. The molecule has 5 heterocycles. The molecule has 0 bridgehead atoms. The first-order valence-corrected chi connectivity index (χ1v) is 16.5. The normalized spacial score (nSPS) is 21.8. The number of carbonyl (C=O) groups is 1. The van der Waals surface area contributed by atoms with Gasteiger partial charge in [0.2, 0.25) is 5.91 Å². The van der Waals surface area contributed by atoms with Gasteiger partial charge in [-0.3, -0.25) is 9.69 Å². The number of rotatable bonds is 7. The van der Waals surface area contributed by atoms with Crippen molar-refractivity contribution in [1.29, 1.82) is 0 Å². The molecule has 2 aromatic carbocycles. The number of halogens is 1. The Kier molecular flexibility index (Phi) is 8.06. The van der Waals surface area contributed by atoms with Crippen LogP contribution in [0.5, 0.6) is 6.01 Å². The van der Waals surface area contributed by atoms with Crippen LogP contribution >= 0.6 is 11.6 Å². The van der Waals surface area contributed by atoms with Gasteiger partial charge in [0, 0.05) is 48.0 Å². The molecule has 1 unspecified atom stereocenters. The van der Waals surface area contributed by atoms with Crippen LogP contribution in [0.1, 0.15) is 49.8 Å². The van der Waals surface area contributed by atoms with Crippen molar-refractivity contribution in [3.05, 3.63) is 65.3 Å². The minimum absolute atomic E-state index is 0.00160. The van der Waals surface area contributed by atoms with Crippen LogP contribution in [0.2, 0.25) is 5.02 Å². The maximum absolute atomic E-state index is 12.3. The first-order valence-electron chi connectivity index (χ1n) is 16.1. The molecule has 0 N–H and O–H groups in total. The number of anilines is 1. The van der Waals surface area contributed by atoms with Crippen LogP contribution in [0.15, 0.2) is 49.1 Å². The van der Waals surface area contributed by atoms with Gasteiger partial charge in [0.05, 0.1) is 41.6 Å². The molecule has 3 fully saturated rings. The number of benzene rings is 2. The Morgan fingerprint density at radius 1 is 1.11 bits per heavy atom. The zero-order valence-electron chi connectivity index (χ0n) is 25.7. The molecular formula is C35H42ClN6O2+. The lowest BCUT2D eigenvalue weighted by Crippen LogP contribution is -2.43. The number of piperidine rings is 1. The zero-order chi connectivity index (χ0) is 30.3. The van der Waals surface area contributed by atoms with Gasteiger partial charge in [-0.1, -0.05) is 42.4 Å². The van der Waals surface area contributed by atoms with E-state index in [4.69, 9.17) is 26.3 Å². The smallest absolute Gasteiger partial charge is 0.434 e. The molecule has 3 aromatic rings. The van der Waals surface area contributed by atoms with E-state index in [0.717, 1.165) is 84.0 Å². The molecule has 1 atom stereocenters. The van der Waals surface area contributed by atoms with Crippen molar-refractivity contribution in [3.8, 4) is 6.01 Å². The van der Waals surface area contributed by atoms with Gasteiger partial charge in [-0.15, -0.1) is 0 Å². The van der Waals surface area contributed by atoms with E-state index < -0.39 is 0 Å². The highest BCUT2D eigenvalue weighted by molar-refractivity contribution is 6.36. The Morgan fingerprint density at radius 3 is 2.70 bits per heavy atom. The number of hydrogen-bond acceptors (Lipinski definition) is 6. The number of nitrogens with zero attached hydrogens (tertiary/aromatic N) is 6. The van der Waals surface area contributed by atoms with Gasteiger partial charge in [0.1, 0.15) is 6.61 Å². The Morgan fingerprint density at radius 2 is 1.91 bits per heavy atom. The Labute approximate surface area is 265 Å². The molecule has 0 aliphatic carbocycles. The molecule has 7 rings (SSSR count). The second-order valence-corrected chi connectivity index (χ2v) is 13.3. The van der Waals surface area contributed by atoms with E-state index in [0.29, 0.717) is 25.7 Å². The number of amides is 1. The second kappa shape index (κ2) is 12.1. The van der Waals surface area contributed by atoms with E-state index >= 15 is 0 Å². The molecule has 9 heteroatoms. The molecule has 1 aromatic heterocycles. The minimum atomic E-state index is 0.00160. The Hall–Kier alpha value is -3.49. The van der Waals surface area contributed by atoms with E-state index in [2.05, 4.69) is 58.5 Å². The summed E-state index contributed by atoms with van der Waals surface area (Å²) in [6, 6.07) is 12.9. The van der Waals surface area contributed by atoms with Gasteiger partial charge in [-0.05, 0) is 75.2 Å². The Balaban J connectivity index is 1.22. The fourth-order valence-electron chi connectivity index (χ4n) is 8.00. The summed E-state index contributed by atoms with van der Waals surface area (Å²) in [7, 11) is 2.08. The van der Waals surface area contributed by atoms with Gasteiger partial charge in [-0.25, -0.2) is 4.58 Å². The summed E-state index contributed by atoms with van der Waals surface area (Å²) in [5.41, 5.74) is 3.41. The quantitative estimate of drug-likeness (QED) is 0.196. The lowest BCUT2D eigenvalue weighted by molar-refractivity contribution is -0.408. The van der Waals surface area contributed by atoms with Gasteiger partial charge < -0.3 is 14.5 Å². The lowest BCUT2D eigenvalue weighted by Gasteiger charge is -2.32. The molecule has 4 aliphatic rings. The van der Waals surface area contributed by atoms with Crippen molar-refractivity contribution in [2.75, 3.05) is 51.3 Å². The monoisotopic (exact) mass is 613 g/mol. The molecule has 4 aliphatic heterocycles. The largest absolute Gasteiger partial charge is 0.443 e. The first-order chi connectivity index (χ1) is 21.4. The van der Waals surface area contributed by atoms with Gasteiger partial charge in [0.15, 0.2) is 0 Å². The highest BCUT2D eigenvalue weighted by atomic mass is 35.5. The standard InChI is InChI=1S/C35H42ClN6O2/c1-3-31(43)41-17-6-9-25(22-41)21-39(2)33-27-14-20-40(30-13-5-11-26-10-4-12-28(36)32(26)30)23-29(27)37-34(38-33)44-24-35-15-7-18-42(35)19-8-16-35/h3-5,10-13,21,25H,1,6-9,14-20,22-24H2,2H3/q+1/b39-21-. The summed E-state index contributed by atoms with van der Waals surface area (Å²) in [4.78, 5) is 29.4. The van der Waals surface area contributed by atoms with Crippen molar-refractivity contribution in [1.82, 2.24) is 19.8 Å². The van der Waals surface area contributed by atoms with Crippen LogP contribution in [0.4, 0.5) is 11.5 Å². The molecule has 0 saturated carbocycles. The predicted octanol–water partition coefficient (Wildman–Crippen LogP) is 5.62. The summed E-state index contributed by atoms with van der Waals surface area (Å²) in [5, 5.41) is 2.98. The number of fused-ring (bicyclic) bond motifs is 3. The maximum atomic E-state index is 12.3. The first kappa shape index (κ1) is 29.2. The highest BCUT2D eigenvalue weighted by Crippen LogP contribution is 2.40. The van der Waals surface area contributed by atoms with E-state index in [1.165, 1.54) is 31.8 Å². The summed E-state index contributed by atoms with van der Waals surface area (Å²) in [6.07, 6.45) is 11.3. The van der Waals surface area contributed by atoms with Crippen LogP contribution in [0.25, 0.3) is 10.8 Å². The number of hydrogen-bond donors (Lipinski definition) is 0. The minimum Gasteiger partial charge on any atom is -0.443 e. The average Bonchev–Trinajstić information content (AvgIpc) is 3.63. The molecule has 0 radical (unpaired) electrons. The zero-order valence-corrected chi connectivity index (χ0v) is 26.4. The lowest BCUT2D eigenvalue weighted by atomic mass is 9.95. The molecular weight excluding hydrogens is 572 g/mol. The van der Waals surface area contributed by atoms with Crippen LogP contribution < -0.4 is 9.64 Å². The summed E-state index contributed by atoms with van der Waals surface area (Å²) in [6.45, 7) is 9.60. The third kappa shape index (κ3) is 5.47. The number of likely N-dealkylation sites (tertiary alicyclic amines) is 1. The molecule has 44 heavy (non-hydrogen) atoms. The third-order valence-corrected chi connectivity index (χ3v) is 10.5. The average molecular weight is 614 g/mol. The summed E-state index contributed by atoms with van der Waals surface area (Å²) < 4.78 is 8.68. The van der Waals surface area contributed by atoms with Crippen LogP contribution in [0, 0.1) is 5.92 Å². The van der Waals surface area contributed by atoms with Crippen LogP contribution in [-0.4, -0.2) is 88.4 Å². The van der Waals surface area contributed by atoms with Crippen molar-refractivity contribution < 1.29 is 14.1 Å². The van der Waals surface area contributed by atoms with Crippen LogP contribution in [0.3, 0.4) is 0 Å². The maximum Gasteiger partial charge on any atom is 0.434 e. The molecule has 230 valence electrons. The SMILES string of the molecule is C=CC(=O)N1CCCC(/C=[N+](/C)c2nc(OCC34CCCN3CCC4)nc3c2CCN(c2cccc4cccc(Cl)c24)C3)C1. The van der Waals surface area contributed by atoms with Crippen molar-refractivity contribution in [2.24, 2.45) is 5.92 Å². The molecule has 8 nitrogen and oxygen atoms in total. The second-order valence-electron chi connectivity index (χ2n) is 12.9. The highest BCUT2D eigenvalue weighted by Gasteiger charge is 2.45. The Bertz CT molecular complexity index is 1610. The fourth-order valence-corrected chi connectivity index (χ4v) is 8.28. The van der Waals surface area contributed by atoms with E-state index in [1.54, 1.807) is 0 Å². The topological polar surface area (TPSA) is 64.8 Å². The van der Waals surface area contributed by atoms with Gasteiger partial charge >= 0.3 is 11.8 Å². The van der Waals surface area contributed by atoms with Crippen LogP contribution in [-0.2, 0) is 17.8 Å². The van der Waals surface area contributed by atoms with E-state index in [9.17, 15) is 4.79 Å². The number of ether oxygens (including phenoxy) is 1. The van der Waals surface area contributed by atoms with Crippen molar-refractivity contribution in [2.45, 2.75) is 57.0 Å².